The first-order chi connectivity index (χ1) is 32.2. The normalized spacial score (nSPS) is 15.7. The van der Waals surface area contributed by atoms with Crippen LogP contribution in [0.3, 0.4) is 0 Å². The van der Waals surface area contributed by atoms with E-state index in [1.165, 1.54) is 33.2 Å². The second-order valence-electron chi connectivity index (χ2n) is 16.9. The van der Waals surface area contributed by atoms with Gasteiger partial charge in [0.25, 0.3) is 0 Å². The van der Waals surface area contributed by atoms with E-state index >= 15 is 0 Å². The number of anilines is 2. The van der Waals surface area contributed by atoms with Crippen molar-refractivity contribution in [3.63, 3.8) is 0 Å². The van der Waals surface area contributed by atoms with Crippen molar-refractivity contribution >= 4 is 45.3 Å². The number of para-hydroxylation sites is 4. The van der Waals surface area contributed by atoms with Gasteiger partial charge >= 0.3 is 0 Å². The third-order valence-electron chi connectivity index (χ3n) is 13.4. The highest BCUT2D eigenvalue weighted by atomic mass is 15.2. The Morgan fingerprint density at radius 2 is 1.14 bits per heavy atom. The molecule has 0 radical (unpaired) electrons. The number of aryl methyl sites for hydroxylation is 1. The van der Waals surface area contributed by atoms with Gasteiger partial charge in [-0.1, -0.05) is 146 Å². The predicted octanol–water partition coefficient (Wildman–Crippen LogP) is 13.3. The molecular formula is C58H39N7. The van der Waals surface area contributed by atoms with Crippen LogP contribution >= 0.6 is 0 Å². The van der Waals surface area contributed by atoms with Crippen molar-refractivity contribution in [3.05, 3.63) is 222 Å². The van der Waals surface area contributed by atoms with Crippen molar-refractivity contribution in [1.82, 2.24) is 24.1 Å². The van der Waals surface area contributed by atoms with Crippen molar-refractivity contribution in [3.8, 4) is 51.6 Å². The van der Waals surface area contributed by atoms with Crippen LogP contribution in [0.2, 0.25) is 0 Å². The zero-order chi connectivity index (χ0) is 43.0. The van der Waals surface area contributed by atoms with E-state index in [4.69, 9.17) is 15.0 Å². The van der Waals surface area contributed by atoms with Crippen LogP contribution in [0, 0.1) is 11.3 Å². The molecule has 0 amide bonds. The molecule has 0 spiro atoms. The van der Waals surface area contributed by atoms with Gasteiger partial charge in [0, 0.05) is 50.4 Å². The van der Waals surface area contributed by atoms with E-state index < -0.39 is 0 Å². The van der Waals surface area contributed by atoms with Crippen LogP contribution in [-0.4, -0.2) is 30.1 Å². The molecule has 3 aliphatic rings. The third-order valence-corrected chi connectivity index (χ3v) is 13.4. The maximum absolute atomic E-state index is 11.4. The highest BCUT2D eigenvalue weighted by Gasteiger charge is 2.43. The van der Waals surface area contributed by atoms with Crippen LogP contribution in [0.25, 0.3) is 79.5 Å². The molecule has 2 aliphatic carbocycles. The van der Waals surface area contributed by atoms with E-state index in [1.807, 2.05) is 66.7 Å². The number of benzene rings is 7. The molecule has 7 aromatic carbocycles. The molecule has 0 bridgehead atoms. The fourth-order valence-electron chi connectivity index (χ4n) is 10.7. The van der Waals surface area contributed by atoms with Crippen LogP contribution in [0.4, 0.5) is 11.4 Å². The van der Waals surface area contributed by atoms with Crippen molar-refractivity contribution < 1.29 is 0 Å². The van der Waals surface area contributed by atoms with Gasteiger partial charge in [-0.25, -0.2) is 15.0 Å². The zero-order valence-electron chi connectivity index (χ0n) is 35.3. The minimum absolute atomic E-state index is 0.0606. The Balaban J connectivity index is 1.11. The first kappa shape index (κ1) is 37.0. The predicted molar refractivity (Wildman–Crippen MR) is 262 cm³/mol. The highest BCUT2D eigenvalue weighted by Crippen LogP contribution is 2.54. The molecular weight excluding hydrogens is 795 g/mol. The summed E-state index contributed by atoms with van der Waals surface area (Å²) in [6, 6.07) is 63.9. The quantitative estimate of drug-likeness (QED) is 0.167. The van der Waals surface area contributed by atoms with E-state index in [1.54, 1.807) is 0 Å². The molecule has 3 aromatic heterocycles. The molecule has 10 aromatic rings. The van der Waals surface area contributed by atoms with Crippen molar-refractivity contribution in [2.24, 2.45) is 0 Å². The number of allylic oxidation sites excluding steroid dienone is 1. The standard InChI is InChI=1S/C58H39N7/c59-36-39-34-45(58-61-56(37-18-4-1-5-19-37)60-57(62-58)38-20-6-2-7-21-38)53(64-46-28-14-10-24-41(46)42-25-11-15-29-47(42)64)35-52(39)65-49-31-17-13-27-44(49)55-51(65)33-32-50-54(55)43-26-12-16-30-48(43)63(50)40-22-8-3-9-23-40/h1-10,12-24,26-35,50,54H,11,25H2. The van der Waals surface area contributed by atoms with Gasteiger partial charge in [-0.3, -0.25) is 0 Å². The molecule has 2 unspecified atom stereocenters. The Hall–Kier alpha value is -8.60. The van der Waals surface area contributed by atoms with Crippen LogP contribution in [0.1, 0.15) is 46.0 Å². The first-order valence-corrected chi connectivity index (χ1v) is 22.2. The monoisotopic (exact) mass is 833 g/mol. The number of rotatable bonds is 6. The number of hydrogen-bond donors (Lipinski definition) is 0. The van der Waals surface area contributed by atoms with Gasteiger partial charge in [0.2, 0.25) is 0 Å². The number of aromatic nitrogens is 5. The Labute approximate surface area is 376 Å². The van der Waals surface area contributed by atoms with E-state index in [2.05, 4.69) is 154 Å². The third kappa shape index (κ3) is 5.71. The van der Waals surface area contributed by atoms with Crippen LogP contribution in [0.5, 0.6) is 0 Å². The summed E-state index contributed by atoms with van der Waals surface area (Å²) in [5, 5.41) is 13.8. The molecule has 1 aliphatic heterocycles. The second-order valence-corrected chi connectivity index (χ2v) is 16.9. The molecule has 0 fully saturated rings. The summed E-state index contributed by atoms with van der Waals surface area (Å²) in [7, 11) is 0. The average molecular weight is 834 g/mol. The molecule has 7 nitrogen and oxygen atoms in total. The van der Waals surface area contributed by atoms with Crippen molar-refractivity contribution in [1.29, 1.82) is 5.26 Å². The molecule has 0 saturated heterocycles. The van der Waals surface area contributed by atoms with Crippen LogP contribution in [-0.2, 0) is 6.42 Å². The second kappa shape index (κ2) is 14.8. The smallest absolute Gasteiger partial charge is 0.166 e. The first-order valence-electron chi connectivity index (χ1n) is 22.2. The zero-order valence-corrected chi connectivity index (χ0v) is 35.3. The summed E-state index contributed by atoms with van der Waals surface area (Å²) in [6.45, 7) is 0. The lowest BCUT2D eigenvalue weighted by atomic mass is 9.82. The summed E-state index contributed by atoms with van der Waals surface area (Å²) >= 11 is 0. The maximum atomic E-state index is 11.4. The van der Waals surface area contributed by atoms with Gasteiger partial charge in [0.05, 0.1) is 39.7 Å². The number of nitriles is 1. The minimum atomic E-state index is 0.0606. The summed E-state index contributed by atoms with van der Waals surface area (Å²) in [5.41, 5.74) is 15.3. The number of nitrogens with zero attached hydrogens (tertiary/aromatic N) is 7. The Bertz CT molecular complexity index is 3570. The summed E-state index contributed by atoms with van der Waals surface area (Å²) in [5.74, 6) is 1.68. The average Bonchev–Trinajstić information content (AvgIpc) is 4.02. The molecule has 7 heteroatoms. The Morgan fingerprint density at radius 3 is 1.86 bits per heavy atom. The van der Waals surface area contributed by atoms with Crippen LogP contribution in [0.15, 0.2) is 188 Å². The Morgan fingerprint density at radius 1 is 0.538 bits per heavy atom. The molecule has 65 heavy (non-hydrogen) atoms. The fraction of sp³-hybridized carbons (Fsp3) is 0.0690. The topological polar surface area (TPSA) is 75.6 Å². The highest BCUT2D eigenvalue weighted by molar-refractivity contribution is 5.96. The van der Waals surface area contributed by atoms with E-state index in [9.17, 15) is 5.26 Å². The molecule has 0 saturated carbocycles. The van der Waals surface area contributed by atoms with Crippen molar-refractivity contribution in [2.45, 2.75) is 24.8 Å². The molecule has 4 heterocycles. The summed E-state index contributed by atoms with van der Waals surface area (Å²) in [6.07, 6.45) is 11.1. The largest absolute Gasteiger partial charge is 0.333 e. The van der Waals surface area contributed by atoms with Gasteiger partial charge in [-0.15, -0.1) is 0 Å². The molecule has 13 rings (SSSR count). The van der Waals surface area contributed by atoms with E-state index in [0.29, 0.717) is 23.0 Å². The summed E-state index contributed by atoms with van der Waals surface area (Å²) < 4.78 is 4.69. The maximum Gasteiger partial charge on any atom is 0.166 e. The van der Waals surface area contributed by atoms with Crippen LogP contribution < -0.4 is 4.90 Å². The van der Waals surface area contributed by atoms with Gasteiger partial charge < -0.3 is 14.0 Å². The lowest BCUT2D eigenvalue weighted by Crippen LogP contribution is -2.30. The van der Waals surface area contributed by atoms with E-state index in [0.717, 1.165) is 69.0 Å². The van der Waals surface area contributed by atoms with Gasteiger partial charge in [-0.05, 0) is 84.1 Å². The summed E-state index contributed by atoms with van der Waals surface area (Å²) in [4.78, 5) is 18.0. The van der Waals surface area contributed by atoms with Gasteiger partial charge in [0.1, 0.15) is 6.07 Å². The number of fused-ring (bicyclic) bond motifs is 10. The number of hydrogen-bond acceptors (Lipinski definition) is 5. The molecule has 306 valence electrons. The lowest BCUT2D eigenvalue weighted by Gasteiger charge is -2.31. The molecule has 0 N–H and O–H groups in total. The minimum Gasteiger partial charge on any atom is -0.333 e. The van der Waals surface area contributed by atoms with Gasteiger partial charge in [-0.2, -0.15) is 5.26 Å². The SMILES string of the molecule is N#Cc1cc(-c2nc(-c3ccccc3)nc(-c3ccccc3)n2)c(-n2c3c(c4ccccc42)CCC=C3)cc1-n1c2c(c3ccccc31)C1c3ccccc3N(c3ccccc3)C1C=C2. The van der Waals surface area contributed by atoms with Gasteiger partial charge in [0.15, 0.2) is 17.5 Å². The molecule has 2 atom stereocenters. The Kier molecular flexibility index (Phi) is 8.40. The van der Waals surface area contributed by atoms with E-state index in [-0.39, 0.29) is 12.0 Å². The lowest BCUT2D eigenvalue weighted by molar-refractivity contribution is 0.725. The fourth-order valence-corrected chi connectivity index (χ4v) is 10.7. The van der Waals surface area contributed by atoms with Crippen molar-refractivity contribution in [2.75, 3.05) is 4.90 Å².